The van der Waals surface area contributed by atoms with E-state index in [0.29, 0.717) is 6.54 Å². The summed E-state index contributed by atoms with van der Waals surface area (Å²) in [5, 5.41) is 15.5. The molecule has 140 valence electrons. The van der Waals surface area contributed by atoms with Crippen molar-refractivity contribution < 1.29 is 0 Å². The van der Waals surface area contributed by atoms with Gasteiger partial charge in [0.1, 0.15) is 0 Å². The number of hydrogen-bond donors (Lipinski definition) is 2. The maximum atomic E-state index is 4.66. The Morgan fingerprint density at radius 1 is 1.28 bits per heavy atom. The SMILES string of the molecule is CCNC(=NCc1ccnn1C)NC(C)Cc1c(C)nn(C)c1C.I. The summed E-state index contributed by atoms with van der Waals surface area (Å²) in [6.45, 7) is 9.85. The number of halogens is 1. The van der Waals surface area contributed by atoms with Gasteiger partial charge < -0.3 is 10.6 Å². The smallest absolute Gasteiger partial charge is 0.191 e. The first-order chi connectivity index (χ1) is 11.4. The van der Waals surface area contributed by atoms with Crippen molar-refractivity contribution in [2.45, 2.75) is 46.7 Å². The zero-order valence-electron chi connectivity index (χ0n) is 16.0. The van der Waals surface area contributed by atoms with Crippen LogP contribution in [0.2, 0.25) is 0 Å². The van der Waals surface area contributed by atoms with E-state index in [1.165, 1.54) is 11.3 Å². The van der Waals surface area contributed by atoms with Crippen LogP contribution in [-0.2, 0) is 27.1 Å². The Kier molecular flexibility index (Phi) is 8.40. The van der Waals surface area contributed by atoms with Crippen LogP contribution in [0, 0.1) is 13.8 Å². The van der Waals surface area contributed by atoms with Crippen molar-refractivity contribution in [2.75, 3.05) is 6.54 Å². The van der Waals surface area contributed by atoms with Crippen molar-refractivity contribution in [1.29, 1.82) is 0 Å². The van der Waals surface area contributed by atoms with E-state index in [2.05, 4.69) is 53.5 Å². The third-order valence-electron chi connectivity index (χ3n) is 4.22. The lowest BCUT2D eigenvalue weighted by molar-refractivity contribution is 0.633. The highest BCUT2D eigenvalue weighted by molar-refractivity contribution is 14.0. The maximum absolute atomic E-state index is 4.66. The van der Waals surface area contributed by atoms with E-state index >= 15 is 0 Å². The average molecular weight is 459 g/mol. The van der Waals surface area contributed by atoms with Crippen molar-refractivity contribution in [1.82, 2.24) is 30.2 Å². The molecule has 2 heterocycles. The van der Waals surface area contributed by atoms with E-state index in [1.54, 1.807) is 6.20 Å². The Morgan fingerprint density at radius 3 is 2.52 bits per heavy atom. The number of hydrogen-bond acceptors (Lipinski definition) is 3. The van der Waals surface area contributed by atoms with Gasteiger partial charge in [0.25, 0.3) is 0 Å². The molecule has 0 bridgehead atoms. The van der Waals surface area contributed by atoms with Gasteiger partial charge in [0.05, 0.1) is 17.9 Å². The Labute approximate surface area is 167 Å². The minimum absolute atomic E-state index is 0. The van der Waals surface area contributed by atoms with Crippen LogP contribution in [0.3, 0.4) is 0 Å². The molecule has 8 heteroatoms. The first-order valence-corrected chi connectivity index (χ1v) is 8.43. The number of aliphatic imine (C=N–C) groups is 1. The van der Waals surface area contributed by atoms with Gasteiger partial charge in [0.2, 0.25) is 0 Å². The molecule has 2 N–H and O–H groups in total. The Hall–Kier alpha value is -1.58. The molecule has 25 heavy (non-hydrogen) atoms. The van der Waals surface area contributed by atoms with Gasteiger partial charge in [-0.2, -0.15) is 10.2 Å². The summed E-state index contributed by atoms with van der Waals surface area (Å²) in [4.78, 5) is 4.66. The van der Waals surface area contributed by atoms with Crippen LogP contribution in [0.1, 0.15) is 36.5 Å². The van der Waals surface area contributed by atoms with Crippen molar-refractivity contribution in [3.8, 4) is 0 Å². The van der Waals surface area contributed by atoms with Crippen LogP contribution >= 0.6 is 24.0 Å². The standard InChI is InChI=1S/C17H29N7.HI/c1-7-18-17(19-11-15-8-9-20-24(15)6)21-12(2)10-16-13(3)22-23(5)14(16)4;/h8-9,12H,7,10-11H2,1-6H3,(H2,18,19,21);1H. The summed E-state index contributed by atoms with van der Waals surface area (Å²) < 4.78 is 3.79. The van der Waals surface area contributed by atoms with Gasteiger partial charge in [-0.05, 0) is 45.7 Å². The number of aryl methyl sites for hydroxylation is 3. The van der Waals surface area contributed by atoms with Crippen molar-refractivity contribution >= 4 is 29.9 Å². The lowest BCUT2D eigenvalue weighted by Crippen LogP contribution is -2.43. The minimum atomic E-state index is 0. The Morgan fingerprint density at radius 2 is 2.00 bits per heavy atom. The lowest BCUT2D eigenvalue weighted by atomic mass is 10.1. The van der Waals surface area contributed by atoms with Crippen LogP contribution < -0.4 is 10.6 Å². The summed E-state index contributed by atoms with van der Waals surface area (Å²) in [6.07, 6.45) is 2.71. The van der Waals surface area contributed by atoms with Crippen molar-refractivity contribution in [3.63, 3.8) is 0 Å². The van der Waals surface area contributed by atoms with Gasteiger partial charge in [0, 0.05) is 38.6 Å². The van der Waals surface area contributed by atoms with Crippen molar-refractivity contribution in [3.05, 3.63) is 34.9 Å². The first-order valence-electron chi connectivity index (χ1n) is 8.43. The second kappa shape index (κ2) is 9.79. The number of guanidine groups is 1. The van der Waals surface area contributed by atoms with Gasteiger partial charge in [-0.15, -0.1) is 24.0 Å². The normalized spacial score (nSPS) is 12.6. The molecule has 2 rings (SSSR count). The molecule has 1 unspecified atom stereocenters. The van der Waals surface area contributed by atoms with E-state index in [4.69, 9.17) is 0 Å². The molecule has 0 amide bonds. The van der Waals surface area contributed by atoms with Gasteiger partial charge in [-0.25, -0.2) is 4.99 Å². The molecule has 2 aromatic heterocycles. The molecule has 0 aliphatic heterocycles. The number of rotatable bonds is 6. The molecular formula is C17H30IN7. The zero-order valence-corrected chi connectivity index (χ0v) is 18.3. The molecule has 7 nitrogen and oxygen atoms in total. The summed E-state index contributed by atoms with van der Waals surface area (Å²) in [5.74, 6) is 0.824. The highest BCUT2D eigenvalue weighted by atomic mass is 127. The second-order valence-electron chi connectivity index (χ2n) is 6.16. The van der Waals surface area contributed by atoms with Crippen LogP contribution in [0.25, 0.3) is 0 Å². The predicted molar refractivity (Wildman–Crippen MR) is 112 cm³/mol. The highest BCUT2D eigenvalue weighted by Crippen LogP contribution is 2.14. The van der Waals surface area contributed by atoms with Crippen LogP contribution in [0.5, 0.6) is 0 Å². The Balaban J connectivity index is 0.00000312. The Bertz CT molecular complexity index is 702. The lowest BCUT2D eigenvalue weighted by Gasteiger charge is -2.18. The fourth-order valence-corrected chi connectivity index (χ4v) is 2.74. The highest BCUT2D eigenvalue weighted by Gasteiger charge is 2.14. The summed E-state index contributed by atoms with van der Waals surface area (Å²) in [6, 6.07) is 2.25. The molecule has 0 radical (unpaired) electrons. The summed E-state index contributed by atoms with van der Waals surface area (Å²) in [7, 11) is 3.92. The third kappa shape index (κ3) is 5.72. The minimum Gasteiger partial charge on any atom is -0.357 e. The summed E-state index contributed by atoms with van der Waals surface area (Å²) >= 11 is 0. The zero-order chi connectivity index (χ0) is 17.7. The number of nitrogens with one attached hydrogen (secondary N) is 2. The van der Waals surface area contributed by atoms with Gasteiger partial charge >= 0.3 is 0 Å². The van der Waals surface area contributed by atoms with Crippen LogP contribution in [0.15, 0.2) is 17.3 Å². The monoisotopic (exact) mass is 459 g/mol. The molecular weight excluding hydrogens is 429 g/mol. The van der Waals surface area contributed by atoms with Gasteiger partial charge in [-0.3, -0.25) is 9.36 Å². The summed E-state index contributed by atoms with van der Waals surface area (Å²) in [5.41, 5.74) is 4.71. The molecule has 0 aliphatic rings. The largest absolute Gasteiger partial charge is 0.357 e. The molecule has 0 aliphatic carbocycles. The topological polar surface area (TPSA) is 72.1 Å². The maximum Gasteiger partial charge on any atom is 0.191 e. The molecule has 0 fully saturated rings. The first kappa shape index (κ1) is 21.5. The molecule has 0 aromatic carbocycles. The molecule has 1 atom stereocenters. The molecule has 2 aromatic rings. The molecule has 0 spiro atoms. The number of nitrogens with zero attached hydrogens (tertiary/aromatic N) is 5. The second-order valence-corrected chi connectivity index (χ2v) is 6.16. The van der Waals surface area contributed by atoms with Crippen molar-refractivity contribution in [2.24, 2.45) is 19.1 Å². The van der Waals surface area contributed by atoms with Crippen LogP contribution in [-0.4, -0.2) is 38.1 Å². The van der Waals surface area contributed by atoms with E-state index in [-0.39, 0.29) is 30.0 Å². The van der Waals surface area contributed by atoms with Gasteiger partial charge in [-0.1, -0.05) is 0 Å². The molecule has 0 saturated heterocycles. The fourth-order valence-electron chi connectivity index (χ4n) is 2.74. The van der Waals surface area contributed by atoms with E-state index < -0.39 is 0 Å². The number of aromatic nitrogens is 4. The van der Waals surface area contributed by atoms with Crippen LogP contribution in [0.4, 0.5) is 0 Å². The van der Waals surface area contributed by atoms with E-state index in [1.807, 2.05) is 29.5 Å². The fraction of sp³-hybridized carbons (Fsp3) is 0.588. The average Bonchev–Trinajstić information content (AvgIpc) is 3.03. The van der Waals surface area contributed by atoms with E-state index in [0.717, 1.165) is 30.3 Å². The quantitative estimate of drug-likeness (QED) is 0.394. The van der Waals surface area contributed by atoms with Gasteiger partial charge in [0.15, 0.2) is 5.96 Å². The predicted octanol–water partition coefficient (Wildman–Crippen LogP) is 2.07. The molecule has 0 saturated carbocycles. The van der Waals surface area contributed by atoms with E-state index in [9.17, 15) is 0 Å². The third-order valence-corrected chi connectivity index (χ3v) is 4.22.